The number of rotatable bonds is 3. The van der Waals surface area contributed by atoms with Crippen LogP contribution in [0.25, 0.3) is 10.9 Å². The first-order valence-corrected chi connectivity index (χ1v) is 9.84. The Balaban J connectivity index is 1.53. The van der Waals surface area contributed by atoms with Gasteiger partial charge in [-0.2, -0.15) is 13.2 Å². The van der Waals surface area contributed by atoms with Crippen LogP contribution in [0.3, 0.4) is 0 Å². The first-order valence-electron chi connectivity index (χ1n) is 9.84. The summed E-state index contributed by atoms with van der Waals surface area (Å²) in [4.78, 5) is 18.5. The van der Waals surface area contributed by atoms with Crippen molar-refractivity contribution in [3.63, 3.8) is 0 Å². The number of nitrogens with zero attached hydrogens (tertiary/aromatic N) is 2. The molecule has 2 saturated heterocycles. The highest BCUT2D eigenvalue weighted by atomic mass is 19.4. The molecule has 0 radical (unpaired) electrons. The molecule has 3 heterocycles. The third-order valence-electron chi connectivity index (χ3n) is 5.23. The largest absolute Gasteiger partial charge is 0.418 e. The molecule has 2 atom stereocenters. The van der Waals surface area contributed by atoms with Crippen LogP contribution in [-0.2, 0) is 20.4 Å². The molecule has 2 aromatic rings. The first-order chi connectivity index (χ1) is 14.4. The Bertz CT molecular complexity index is 900. The maximum absolute atomic E-state index is 13.4. The van der Waals surface area contributed by atoms with Crippen LogP contribution in [0.4, 0.5) is 18.9 Å². The van der Waals surface area contributed by atoms with Gasteiger partial charge in [0, 0.05) is 36.9 Å². The van der Waals surface area contributed by atoms with Crippen molar-refractivity contribution in [2.24, 2.45) is 0 Å². The number of hydrogen-bond acceptors (Lipinski definition) is 6. The third kappa shape index (κ3) is 4.50. The molecule has 2 unspecified atom stereocenters. The summed E-state index contributed by atoms with van der Waals surface area (Å²) in [6, 6.07) is 5.55. The maximum Gasteiger partial charge on any atom is 0.418 e. The van der Waals surface area contributed by atoms with Crippen molar-refractivity contribution in [1.82, 2.24) is 15.6 Å². The Morgan fingerprint density at radius 3 is 2.97 bits per heavy atom. The number of morpholine rings is 1. The molecule has 30 heavy (non-hydrogen) atoms. The summed E-state index contributed by atoms with van der Waals surface area (Å²) in [6.45, 7) is 3.35. The number of carbonyl (C=O) groups excluding carboxylic acids is 1. The molecule has 2 aliphatic rings. The smallest absolute Gasteiger partial charge is 0.378 e. The van der Waals surface area contributed by atoms with Crippen molar-refractivity contribution in [2.45, 2.75) is 18.3 Å². The topological polar surface area (TPSA) is 75.7 Å². The fourth-order valence-corrected chi connectivity index (χ4v) is 3.78. The number of hydrogen-bond donors (Lipinski definition) is 2. The molecule has 2 N–H and O–H groups in total. The van der Waals surface area contributed by atoms with E-state index in [4.69, 9.17) is 9.47 Å². The van der Waals surface area contributed by atoms with Gasteiger partial charge >= 0.3 is 6.18 Å². The highest BCUT2D eigenvalue weighted by molar-refractivity contribution is 5.94. The van der Waals surface area contributed by atoms with Crippen LogP contribution in [0.1, 0.15) is 5.56 Å². The van der Waals surface area contributed by atoms with E-state index in [1.807, 2.05) is 4.90 Å². The Kier molecular flexibility index (Phi) is 6.07. The van der Waals surface area contributed by atoms with Crippen LogP contribution in [0.15, 0.2) is 30.5 Å². The van der Waals surface area contributed by atoms with Crippen molar-refractivity contribution >= 4 is 22.5 Å². The summed E-state index contributed by atoms with van der Waals surface area (Å²) in [6.07, 6.45) is -3.87. The van der Waals surface area contributed by atoms with Gasteiger partial charge in [-0.15, -0.1) is 0 Å². The van der Waals surface area contributed by atoms with E-state index >= 15 is 0 Å². The van der Waals surface area contributed by atoms with Gasteiger partial charge in [0.05, 0.1) is 43.5 Å². The summed E-state index contributed by atoms with van der Waals surface area (Å²) in [5.74, 6) is -0.258. The molecule has 0 aliphatic carbocycles. The van der Waals surface area contributed by atoms with Crippen molar-refractivity contribution in [1.29, 1.82) is 0 Å². The first kappa shape index (κ1) is 20.8. The molecule has 2 fully saturated rings. The van der Waals surface area contributed by atoms with Crippen LogP contribution in [0, 0.1) is 0 Å². The molecular formula is C20H23F3N4O3. The molecular weight excluding hydrogens is 401 g/mol. The fraction of sp³-hybridized carbons (Fsp3) is 0.500. The second-order valence-corrected chi connectivity index (χ2v) is 7.32. The Hall–Kier alpha value is -2.43. The van der Waals surface area contributed by atoms with Gasteiger partial charge in [0.25, 0.3) is 5.91 Å². The molecule has 7 nitrogen and oxygen atoms in total. The summed E-state index contributed by atoms with van der Waals surface area (Å²) >= 11 is 0. The second-order valence-electron chi connectivity index (χ2n) is 7.32. The monoisotopic (exact) mass is 424 g/mol. The molecule has 2 aliphatic heterocycles. The van der Waals surface area contributed by atoms with E-state index in [1.54, 1.807) is 12.1 Å². The number of halogens is 3. The predicted octanol–water partition coefficient (Wildman–Crippen LogP) is 1.56. The number of ether oxygens (including phenoxy) is 2. The van der Waals surface area contributed by atoms with E-state index in [-0.39, 0.29) is 24.0 Å². The number of benzene rings is 1. The van der Waals surface area contributed by atoms with Crippen molar-refractivity contribution in [3.05, 3.63) is 36.0 Å². The van der Waals surface area contributed by atoms with Crippen LogP contribution in [0.2, 0.25) is 0 Å². The van der Waals surface area contributed by atoms with Gasteiger partial charge in [-0.25, -0.2) is 0 Å². The van der Waals surface area contributed by atoms with Crippen molar-refractivity contribution in [2.75, 3.05) is 50.9 Å². The van der Waals surface area contributed by atoms with E-state index in [1.165, 1.54) is 12.3 Å². The van der Waals surface area contributed by atoms with E-state index in [9.17, 15) is 18.0 Å². The van der Waals surface area contributed by atoms with Gasteiger partial charge < -0.3 is 25.0 Å². The molecule has 1 aromatic carbocycles. The maximum atomic E-state index is 13.4. The third-order valence-corrected chi connectivity index (χ3v) is 5.23. The summed E-state index contributed by atoms with van der Waals surface area (Å²) < 4.78 is 51.2. The zero-order valence-corrected chi connectivity index (χ0v) is 16.2. The van der Waals surface area contributed by atoms with E-state index in [0.29, 0.717) is 44.0 Å². The number of aromatic nitrogens is 1. The quantitative estimate of drug-likeness (QED) is 0.779. The molecule has 1 amide bonds. The lowest BCUT2D eigenvalue weighted by molar-refractivity contribution is -0.136. The Morgan fingerprint density at radius 2 is 2.13 bits per heavy atom. The zero-order chi connectivity index (χ0) is 21.1. The average Bonchev–Trinajstić information content (AvgIpc) is 3.01. The highest BCUT2D eigenvalue weighted by Gasteiger charge is 2.35. The number of alkyl halides is 3. The SMILES string of the molecule is O=C(NC1CNCCOC1)C1CN(c2ccc(C(F)(F)F)c3ncccc23)CCO1. The lowest BCUT2D eigenvalue weighted by Gasteiger charge is -2.35. The molecule has 4 rings (SSSR count). The normalized spacial score (nSPS) is 23.2. The molecule has 0 bridgehead atoms. The van der Waals surface area contributed by atoms with Gasteiger partial charge in [-0.05, 0) is 24.3 Å². The number of nitrogens with one attached hydrogen (secondary N) is 2. The van der Waals surface area contributed by atoms with Crippen molar-refractivity contribution < 1.29 is 27.4 Å². The van der Waals surface area contributed by atoms with Gasteiger partial charge in [-0.3, -0.25) is 9.78 Å². The molecule has 0 saturated carbocycles. The van der Waals surface area contributed by atoms with E-state index in [2.05, 4.69) is 15.6 Å². The summed E-state index contributed by atoms with van der Waals surface area (Å²) in [5.41, 5.74) is -0.270. The minimum Gasteiger partial charge on any atom is -0.378 e. The van der Waals surface area contributed by atoms with Crippen LogP contribution >= 0.6 is 0 Å². The van der Waals surface area contributed by atoms with E-state index < -0.39 is 17.8 Å². The molecule has 162 valence electrons. The van der Waals surface area contributed by atoms with Crippen molar-refractivity contribution in [3.8, 4) is 0 Å². The minimum atomic E-state index is -4.49. The lowest BCUT2D eigenvalue weighted by atomic mass is 10.1. The van der Waals surface area contributed by atoms with Crippen LogP contribution in [-0.4, -0.2) is 69.0 Å². The Morgan fingerprint density at radius 1 is 1.27 bits per heavy atom. The number of amides is 1. The lowest BCUT2D eigenvalue weighted by Crippen LogP contribution is -2.54. The van der Waals surface area contributed by atoms with Gasteiger partial charge in [-0.1, -0.05) is 0 Å². The molecule has 10 heteroatoms. The second kappa shape index (κ2) is 8.75. The fourth-order valence-electron chi connectivity index (χ4n) is 3.78. The number of fused-ring (bicyclic) bond motifs is 1. The number of pyridine rings is 1. The predicted molar refractivity (Wildman–Crippen MR) is 104 cm³/mol. The highest BCUT2D eigenvalue weighted by Crippen LogP contribution is 2.37. The van der Waals surface area contributed by atoms with E-state index in [0.717, 1.165) is 12.6 Å². The molecule has 0 spiro atoms. The Labute approximate surface area is 171 Å². The summed E-state index contributed by atoms with van der Waals surface area (Å²) in [5, 5.41) is 6.51. The van der Waals surface area contributed by atoms with Gasteiger partial charge in [0.1, 0.15) is 0 Å². The van der Waals surface area contributed by atoms with Gasteiger partial charge in [0.15, 0.2) is 6.10 Å². The minimum absolute atomic E-state index is 0.100. The molecule has 1 aromatic heterocycles. The van der Waals surface area contributed by atoms with Gasteiger partial charge in [0.2, 0.25) is 0 Å². The van der Waals surface area contributed by atoms with Crippen LogP contribution < -0.4 is 15.5 Å². The average molecular weight is 424 g/mol. The number of anilines is 1. The summed E-state index contributed by atoms with van der Waals surface area (Å²) in [7, 11) is 0. The van der Waals surface area contributed by atoms with Crippen LogP contribution in [0.5, 0.6) is 0 Å². The zero-order valence-electron chi connectivity index (χ0n) is 16.2. The number of carbonyl (C=O) groups is 1. The standard InChI is InChI=1S/C20H23F3N4O3/c21-20(22,23)15-3-4-16(14-2-1-5-25-18(14)15)27-7-9-30-17(11-27)19(28)26-13-10-24-6-8-29-12-13/h1-5,13,17,24H,6-12H2,(H,26,28).